The van der Waals surface area contributed by atoms with E-state index in [0.717, 1.165) is 10.4 Å². The van der Waals surface area contributed by atoms with Crippen molar-refractivity contribution >= 4 is 33.8 Å². The van der Waals surface area contributed by atoms with Gasteiger partial charge in [0.15, 0.2) is 16.6 Å². The zero-order valence-corrected chi connectivity index (χ0v) is 20.0. The molecule has 0 atom stereocenters. The number of ether oxygens (including phenoxy) is 1. The molecule has 4 heterocycles. The van der Waals surface area contributed by atoms with E-state index in [-0.39, 0.29) is 5.91 Å². The summed E-state index contributed by atoms with van der Waals surface area (Å²) in [5.74, 6) is 0.353. The molecule has 1 aromatic carbocycles. The summed E-state index contributed by atoms with van der Waals surface area (Å²) in [6.07, 6.45) is 3.49. The van der Waals surface area contributed by atoms with Gasteiger partial charge >= 0.3 is 0 Å². The van der Waals surface area contributed by atoms with E-state index in [0.29, 0.717) is 59.7 Å². The minimum atomic E-state index is -1.48. The summed E-state index contributed by atoms with van der Waals surface area (Å²) >= 11 is 1.41. The van der Waals surface area contributed by atoms with E-state index in [1.165, 1.54) is 25.2 Å². The van der Waals surface area contributed by atoms with Gasteiger partial charge in [-0.15, -0.1) is 16.4 Å². The fraction of sp³-hybridized carbons (Fsp3) is 0.333. The van der Waals surface area contributed by atoms with E-state index in [1.807, 2.05) is 13.0 Å². The first-order valence-corrected chi connectivity index (χ1v) is 11.9. The van der Waals surface area contributed by atoms with Crippen molar-refractivity contribution in [2.24, 2.45) is 0 Å². The van der Waals surface area contributed by atoms with E-state index in [4.69, 9.17) is 14.8 Å². The molecule has 0 saturated carbocycles. The molecular weight excluding hydrogens is 455 g/mol. The maximum Gasteiger partial charge on any atom is 0.261 e. The summed E-state index contributed by atoms with van der Waals surface area (Å²) < 4.78 is 21.6. The van der Waals surface area contributed by atoms with Crippen molar-refractivity contribution in [1.82, 2.24) is 19.6 Å². The normalized spacial score (nSPS) is 14.5. The Kier molecular flexibility index (Phi) is 5.78. The predicted octanol–water partition coefficient (Wildman–Crippen LogP) is 4.45. The number of nitrogens with one attached hydrogen (secondary N) is 1. The number of anilines is 2. The predicted molar refractivity (Wildman–Crippen MR) is 130 cm³/mol. The van der Waals surface area contributed by atoms with Crippen LogP contribution in [0.1, 0.15) is 34.6 Å². The van der Waals surface area contributed by atoms with Gasteiger partial charge in [0.25, 0.3) is 5.91 Å². The number of nitrogens with zero attached hydrogens (tertiary/aromatic N) is 5. The Morgan fingerprint density at radius 1 is 1.24 bits per heavy atom. The molecule has 0 spiro atoms. The van der Waals surface area contributed by atoms with Crippen LogP contribution < -0.4 is 10.2 Å². The number of morpholine rings is 1. The first-order chi connectivity index (χ1) is 16.3. The third-order valence-electron chi connectivity index (χ3n) is 5.68. The first kappa shape index (κ1) is 22.4. The molecule has 5 rings (SSSR count). The van der Waals surface area contributed by atoms with Crippen LogP contribution in [0, 0.1) is 6.92 Å². The Morgan fingerprint density at radius 2 is 2.03 bits per heavy atom. The van der Waals surface area contributed by atoms with E-state index in [2.05, 4.69) is 15.2 Å². The van der Waals surface area contributed by atoms with Gasteiger partial charge in [0.1, 0.15) is 5.67 Å². The Balaban J connectivity index is 1.60. The average molecular weight is 481 g/mol. The first-order valence-electron chi connectivity index (χ1n) is 11.0. The van der Waals surface area contributed by atoms with Crippen molar-refractivity contribution in [1.29, 1.82) is 0 Å². The molecule has 1 N–H and O–H groups in total. The third-order valence-corrected chi connectivity index (χ3v) is 6.51. The quantitative estimate of drug-likeness (QED) is 0.454. The lowest BCUT2D eigenvalue weighted by Crippen LogP contribution is -2.37. The summed E-state index contributed by atoms with van der Waals surface area (Å²) in [6.45, 7) is 7.54. The molecule has 10 heteroatoms. The second kappa shape index (κ2) is 8.77. The van der Waals surface area contributed by atoms with Crippen LogP contribution in [0.5, 0.6) is 0 Å². The number of carbonyl (C=O) groups excluding carboxylic acids is 1. The number of benzene rings is 1. The van der Waals surface area contributed by atoms with Gasteiger partial charge in [0, 0.05) is 29.7 Å². The van der Waals surface area contributed by atoms with Crippen LogP contribution in [-0.2, 0) is 10.4 Å². The van der Waals surface area contributed by atoms with Crippen molar-refractivity contribution in [3.8, 4) is 11.3 Å². The van der Waals surface area contributed by atoms with Crippen LogP contribution in [0.4, 0.5) is 15.3 Å². The standard InChI is InChI=1S/C24H25FN6O2S/c1-15-13-26-23(34-15)28-22(32)18-12-20(30-7-9-33-10-8-30)29-31-14-19(27-21(18)31)16-5-4-6-17(11-16)24(2,3)25/h4-6,11-14H,7-10H2,1-3H3,(H,26,28,32). The van der Waals surface area contributed by atoms with Crippen LogP contribution in [0.15, 0.2) is 42.7 Å². The highest BCUT2D eigenvalue weighted by Gasteiger charge is 2.23. The molecule has 0 bridgehead atoms. The molecule has 1 aliphatic rings. The molecule has 176 valence electrons. The van der Waals surface area contributed by atoms with Gasteiger partial charge in [-0.1, -0.05) is 18.2 Å². The second-order valence-electron chi connectivity index (χ2n) is 8.69. The lowest BCUT2D eigenvalue weighted by molar-refractivity contribution is 0.102. The zero-order chi connectivity index (χ0) is 23.9. The Hall–Kier alpha value is -3.37. The van der Waals surface area contributed by atoms with E-state index in [1.54, 1.807) is 41.2 Å². The molecular formula is C24H25FN6O2S. The van der Waals surface area contributed by atoms with E-state index in [9.17, 15) is 9.18 Å². The number of halogens is 1. The number of aryl methyl sites for hydroxylation is 1. The van der Waals surface area contributed by atoms with Crippen molar-refractivity contribution in [3.63, 3.8) is 0 Å². The minimum absolute atomic E-state index is 0.313. The fourth-order valence-corrected chi connectivity index (χ4v) is 4.50. The molecule has 1 amide bonds. The molecule has 0 unspecified atom stereocenters. The van der Waals surface area contributed by atoms with Gasteiger partial charge in [-0.05, 0) is 38.5 Å². The number of carbonyl (C=O) groups is 1. The molecule has 0 aliphatic carbocycles. The maximum atomic E-state index is 14.5. The highest BCUT2D eigenvalue weighted by molar-refractivity contribution is 7.15. The van der Waals surface area contributed by atoms with Gasteiger partial charge < -0.3 is 9.64 Å². The van der Waals surface area contributed by atoms with Gasteiger partial charge in [0.2, 0.25) is 0 Å². The fourth-order valence-electron chi connectivity index (χ4n) is 3.84. The van der Waals surface area contributed by atoms with Crippen LogP contribution in [-0.4, -0.2) is 51.8 Å². The monoisotopic (exact) mass is 480 g/mol. The van der Waals surface area contributed by atoms with Crippen LogP contribution in [0.25, 0.3) is 16.9 Å². The van der Waals surface area contributed by atoms with Gasteiger partial charge in [-0.3, -0.25) is 10.1 Å². The largest absolute Gasteiger partial charge is 0.378 e. The molecule has 1 saturated heterocycles. The van der Waals surface area contributed by atoms with Gasteiger partial charge in [-0.25, -0.2) is 18.9 Å². The smallest absolute Gasteiger partial charge is 0.261 e. The molecule has 0 radical (unpaired) electrons. The number of aromatic nitrogens is 4. The molecule has 3 aromatic heterocycles. The number of alkyl halides is 1. The van der Waals surface area contributed by atoms with Crippen molar-refractivity contribution in [3.05, 3.63) is 58.7 Å². The van der Waals surface area contributed by atoms with Crippen LogP contribution in [0.2, 0.25) is 0 Å². The topological polar surface area (TPSA) is 84.7 Å². The zero-order valence-electron chi connectivity index (χ0n) is 19.2. The Morgan fingerprint density at radius 3 is 2.74 bits per heavy atom. The second-order valence-corrected chi connectivity index (χ2v) is 9.93. The number of thiazole rings is 1. The summed E-state index contributed by atoms with van der Waals surface area (Å²) in [5.41, 5.74) is 1.25. The van der Waals surface area contributed by atoms with Gasteiger partial charge in [-0.2, -0.15) is 0 Å². The van der Waals surface area contributed by atoms with E-state index < -0.39 is 5.67 Å². The maximum absolute atomic E-state index is 14.5. The minimum Gasteiger partial charge on any atom is -0.378 e. The summed E-state index contributed by atoms with van der Waals surface area (Å²) in [4.78, 5) is 25.3. The third kappa shape index (κ3) is 4.51. The Bertz CT molecular complexity index is 1350. The van der Waals surface area contributed by atoms with Crippen molar-refractivity contribution in [2.45, 2.75) is 26.4 Å². The summed E-state index contributed by atoms with van der Waals surface area (Å²) in [6, 6.07) is 8.97. The molecule has 1 aliphatic heterocycles. The SMILES string of the molecule is Cc1cnc(NC(=O)c2cc(N3CCOCC3)nn3cc(-c4cccc(C(C)(C)F)c4)nc23)s1. The number of hydrogen-bond acceptors (Lipinski definition) is 7. The number of rotatable bonds is 5. The average Bonchev–Trinajstić information content (AvgIpc) is 3.44. The number of hydrogen-bond donors (Lipinski definition) is 1. The van der Waals surface area contributed by atoms with Crippen molar-refractivity contribution < 1.29 is 13.9 Å². The summed E-state index contributed by atoms with van der Waals surface area (Å²) in [5, 5.41) is 8.13. The highest BCUT2D eigenvalue weighted by Crippen LogP contribution is 2.30. The van der Waals surface area contributed by atoms with Crippen molar-refractivity contribution in [2.75, 3.05) is 36.5 Å². The molecule has 8 nitrogen and oxygen atoms in total. The molecule has 4 aromatic rings. The number of imidazole rings is 1. The van der Waals surface area contributed by atoms with Gasteiger partial charge in [0.05, 0.1) is 30.7 Å². The van der Waals surface area contributed by atoms with Crippen LogP contribution >= 0.6 is 11.3 Å². The summed E-state index contributed by atoms with van der Waals surface area (Å²) in [7, 11) is 0. The lowest BCUT2D eigenvalue weighted by atomic mass is 9.97. The van der Waals surface area contributed by atoms with Crippen LogP contribution in [0.3, 0.4) is 0 Å². The number of amides is 1. The highest BCUT2D eigenvalue weighted by atomic mass is 32.1. The number of fused-ring (bicyclic) bond motifs is 1. The lowest BCUT2D eigenvalue weighted by Gasteiger charge is -2.27. The Labute approximate surface area is 200 Å². The van der Waals surface area contributed by atoms with E-state index >= 15 is 0 Å². The molecule has 34 heavy (non-hydrogen) atoms. The molecule has 1 fully saturated rings.